The first-order valence-electron chi connectivity index (χ1n) is 9.21. The molecule has 27 heavy (non-hydrogen) atoms. The van der Waals surface area contributed by atoms with Crippen LogP contribution >= 0.6 is 0 Å². The topological polar surface area (TPSA) is 78.1 Å². The second-order valence-corrected chi connectivity index (χ2v) is 6.89. The summed E-state index contributed by atoms with van der Waals surface area (Å²) in [7, 11) is 0. The summed E-state index contributed by atoms with van der Waals surface area (Å²) in [6.45, 7) is 1.50. The van der Waals surface area contributed by atoms with E-state index in [0.717, 1.165) is 17.6 Å². The van der Waals surface area contributed by atoms with E-state index in [2.05, 4.69) is 21.4 Å². The number of aromatic amines is 1. The number of likely N-dealkylation sites (tertiary alicyclic amines) is 1. The molecule has 0 saturated carbocycles. The van der Waals surface area contributed by atoms with Crippen molar-refractivity contribution in [3.8, 4) is 0 Å². The van der Waals surface area contributed by atoms with Gasteiger partial charge in [0, 0.05) is 42.8 Å². The lowest BCUT2D eigenvalue weighted by molar-refractivity contribution is -0.129. The summed E-state index contributed by atoms with van der Waals surface area (Å²) in [5.41, 5.74) is 3.11. The number of hydrogen-bond donors (Lipinski definition) is 2. The minimum Gasteiger partial charge on any atom is -0.361 e. The van der Waals surface area contributed by atoms with Gasteiger partial charge in [-0.2, -0.15) is 0 Å². The first-order chi connectivity index (χ1) is 13.2. The number of nitrogens with zero attached hydrogens (tertiary/aromatic N) is 2. The lowest BCUT2D eigenvalue weighted by Gasteiger charge is -2.16. The van der Waals surface area contributed by atoms with E-state index in [1.165, 1.54) is 10.9 Å². The van der Waals surface area contributed by atoms with Crippen molar-refractivity contribution in [2.45, 2.75) is 19.4 Å². The molecule has 138 valence electrons. The summed E-state index contributed by atoms with van der Waals surface area (Å²) >= 11 is 0. The number of benzene rings is 1. The van der Waals surface area contributed by atoms with Gasteiger partial charge in [0.1, 0.15) is 0 Å². The number of para-hydroxylation sites is 1. The molecule has 1 fully saturated rings. The van der Waals surface area contributed by atoms with Gasteiger partial charge in [0.2, 0.25) is 11.8 Å². The van der Waals surface area contributed by atoms with E-state index in [1.807, 2.05) is 42.6 Å². The number of rotatable bonds is 6. The number of H-pyrrole nitrogens is 1. The Morgan fingerprint density at radius 3 is 2.93 bits per heavy atom. The number of aromatic nitrogens is 2. The van der Waals surface area contributed by atoms with Crippen LogP contribution in [0.5, 0.6) is 0 Å². The Morgan fingerprint density at radius 2 is 2.07 bits per heavy atom. The molecule has 1 aliphatic heterocycles. The van der Waals surface area contributed by atoms with Gasteiger partial charge < -0.3 is 15.2 Å². The van der Waals surface area contributed by atoms with Crippen LogP contribution in [-0.2, 0) is 22.6 Å². The van der Waals surface area contributed by atoms with Gasteiger partial charge in [0.15, 0.2) is 0 Å². The lowest BCUT2D eigenvalue weighted by atomic mass is 10.1. The Kier molecular flexibility index (Phi) is 4.87. The van der Waals surface area contributed by atoms with Crippen LogP contribution in [0, 0.1) is 5.92 Å². The monoisotopic (exact) mass is 362 g/mol. The van der Waals surface area contributed by atoms with Crippen molar-refractivity contribution in [1.29, 1.82) is 0 Å². The van der Waals surface area contributed by atoms with Crippen LogP contribution in [0.2, 0.25) is 0 Å². The van der Waals surface area contributed by atoms with E-state index in [1.54, 1.807) is 11.1 Å². The van der Waals surface area contributed by atoms with Crippen LogP contribution < -0.4 is 5.32 Å². The smallest absolute Gasteiger partial charge is 0.225 e. The van der Waals surface area contributed by atoms with E-state index in [4.69, 9.17) is 0 Å². The van der Waals surface area contributed by atoms with E-state index in [-0.39, 0.29) is 24.2 Å². The number of hydrogen-bond acceptors (Lipinski definition) is 3. The van der Waals surface area contributed by atoms with Gasteiger partial charge >= 0.3 is 0 Å². The predicted molar refractivity (Wildman–Crippen MR) is 103 cm³/mol. The van der Waals surface area contributed by atoms with Crippen molar-refractivity contribution in [2.24, 2.45) is 5.92 Å². The zero-order chi connectivity index (χ0) is 18.6. The number of amides is 2. The molecule has 6 heteroatoms. The summed E-state index contributed by atoms with van der Waals surface area (Å²) in [5, 5.41) is 4.08. The SMILES string of the molecule is O=C(NCc1ccccn1)C1CC(=O)N(CCc2c[nH]c3ccccc23)C1. The zero-order valence-electron chi connectivity index (χ0n) is 15.0. The largest absolute Gasteiger partial charge is 0.361 e. The third kappa shape index (κ3) is 3.84. The minimum absolute atomic E-state index is 0.0489. The summed E-state index contributed by atoms with van der Waals surface area (Å²) in [6, 6.07) is 13.7. The van der Waals surface area contributed by atoms with E-state index >= 15 is 0 Å². The number of pyridine rings is 1. The van der Waals surface area contributed by atoms with Crippen LogP contribution in [0.3, 0.4) is 0 Å². The van der Waals surface area contributed by atoms with Crippen LogP contribution in [-0.4, -0.2) is 39.8 Å². The molecule has 0 spiro atoms. The van der Waals surface area contributed by atoms with Crippen molar-refractivity contribution in [3.63, 3.8) is 0 Å². The molecule has 1 aromatic carbocycles. The summed E-state index contributed by atoms with van der Waals surface area (Å²) in [5.74, 6) is -0.319. The standard InChI is InChI=1S/C21H22N4O2/c26-20-11-16(21(27)24-13-17-5-3-4-9-22-17)14-25(20)10-8-15-12-23-19-7-2-1-6-18(15)19/h1-7,9,12,16,23H,8,10-11,13-14H2,(H,24,27). The fourth-order valence-corrected chi connectivity index (χ4v) is 3.58. The maximum Gasteiger partial charge on any atom is 0.225 e. The number of nitrogens with one attached hydrogen (secondary N) is 2. The zero-order valence-corrected chi connectivity index (χ0v) is 15.0. The molecule has 1 atom stereocenters. The molecular weight excluding hydrogens is 340 g/mol. The molecule has 2 amide bonds. The fourth-order valence-electron chi connectivity index (χ4n) is 3.58. The third-order valence-electron chi connectivity index (χ3n) is 5.08. The Balaban J connectivity index is 1.31. The molecule has 0 bridgehead atoms. The molecule has 3 aromatic rings. The van der Waals surface area contributed by atoms with Crippen molar-refractivity contribution in [3.05, 3.63) is 66.1 Å². The molecule has 1 saturated heterocycles. The summed E-state index contributed by atoms with van der Waals surface area (Å²) in [6.07, 6.45) is 4.76. The highest BCUT2D eigenvalue weighted by atomic mass is 16.2. The normalized spacial score (nSPS) is 16.8. The summed E-state index contributed by atoms with van der Waals surface area (Å²) in [4.78, 5) is 34.0. The van der Waals surface area contributed by atoms with Gasteiger partial charge in [0.25, 0.3) is 0 Å². The Hall–Kier alpha value is -3.15. The molecule has 0 radical (unpaired) electrons. The van der Waals surface area contributed by atoms with Gasteiger partial charge in [-0.15, -0.1) is 0 Å². The van der Waals surface area contributed by atoms with Gasteiger partial charge in [-0.3, -0.25) is 14.6 Å². The second-order valence-electron chi connectivity index (χ2n) is 6.89. The first kappa shape index (κ1) is 17.3. The fraction of sp³-hybridized carbons (Fsp3) is 0.286. The Labute approximate surface area is 157 Å². The maximum atomic E-state index is 12.4. The van der Waals surface area contributed by atoms with E-state index in [0.29, 0.717) is 19.6 Å². The first-order valence-corrected chi connectivity index (χ1v) is 9.21. The molecule has 2 N–H and O–H groups in total. The second kappa shape index (κ2) is 7.61. The van der Waals surface area contributed by atoms with Crippen molar-refractivity contribution in [1.82, 2.24) is 20.2 Å². The molecule has 6 nitrogen and oxygen atoms in total. The van der Waals surface area contributed by atoms with Gasteiger partial charge in [-0.25, -0.2) is 0 Å². The van der Waals surface area contributed by atoms with Crippen LogP contribution in [0.15, 0.2) is 54.9 Å². The van der Waals surface area contributed by atoms with E-state index in [9.17, 15) is 9.59 Å². The highest BCUT2D eigenvalue weighted by Gasteiger charge is 2.33. The number of carbonyl (C=O) groups is 2. The average Bonchev–Trinajstić information content (AvgIpc) is 3.29. The maximum absolute atomic E-state index is 12.4. The minimum atomic E-state index is -0.288. The number of fused-ring (bicyclic) bond motifs is 1. The average molecular weight is 362 g/mol. The van der Waals surface area contributed by atoms with E-state index < -0.39 is 0 Å². The van der Waals surface area contributed by atoms with Gasteiger partial charge in [-0.1, -0.05) is 24.3 Å². The molecular formula is C21H22N4O2. The van der Waals surface area contributed by atoms with Gasteiger partial charge in [0.05, 0.1) is 18.2 Å². The van der Waals surface area contributed by atoms with Crippen LogP contribution in [0.1, 0.15) is 17.7 Å². The summed E-state index contributed by atoms with van der Waals surface area (Å²) < 4.78 is 0. The molecule has 3 heterocycles. The third-order valence-corrected chi connectivity index (χ3v) is 5.08. The quantitative estimate of drug-likeness (QED) is 0.706. The highest BCUT2D eigenvalue weighted by molar-refractivity contribution is 5.89. The van der Waals surface area contributed by atoms with Crippen molar-refractivity contribution < 1.29 is 9.59 Å². The Morgan fingerprint density at radius 1 is 1.22 bits per heavy atom. The molecule has 1 unspecified atom stereocenters. The highest BCUT2D eigenvalue weighted by Crippen LogP contribution is 2.21. The molecule has 2 aromatic heterocycles. The Bertz CT molecular complexity index is 951. The van der Waals surface area contributed by atoms with Gasteiger partial charge in [-0.05, 0) is 30.2 Å². The van der Waals surface area contributed by atoms with Crippen LogP contribution in [0.25, 0.3) is 10.9 Å². The van der Waals surface area contributed by atoms with Crippen LogP contribution in [0.4, 0.5) is 0 Å². The van der Waals surface area contributed by atoms with Crippen molar-refractivity contribution >= 4 is 22.7 Å². The molecule has 0 aliphatic carbocycles. The van der Waals surface area contributed by atoms with Crippen molar-refractivity contribution in [2.75, 3.05) is 13.1 Å². The lowest BCUT2D eigenvalue weighted by Crippen LogP contribution is -2.33. The number of carbonyl (C=O) groups excluding carboxylic acids is 2. The predicted octanol–water partition coefficient (Wildman–Crippen LogP) is 2.27. The molecule has 1 aliphatic rings. The molecule has 4 rings (SSSR count).